The molecule has 1 aromatic carbocycles. The van der Waals surface area contributed by atoms with Crippen LogP contribution in [0.5, 0.6) is 0 Å². The minimum absolute atomic E-state index is 0.147. The van der Waals surface area contributed by atoms with Crippen molar-refractivity contribution in [2.24, 2.45) is 5.92 Å². The van der Waals surface area contributed by atoms with Crippen molar-refractivity contribution in [3.8, 4) is 0 Å². The largest absolute Gasteiger partial charge is 0.481 e. The third-order valence-corrected chi connectivity index (χ3v) is 6.07. The Bertz CT molecular complexity index is 561. The number of benzene rings is 1. The Morgan fingerprint density at radius 1 is 1.08 bits per heavy atom. The van der Waals surface area contributed by atoms with E-state index in [1.165, 1.54) is 43.4 Å². The molecule has 0 heterocycles. The maximum atomic E-state index is 11.1. The number of carboxylic acid groups (broad SMARTS) is 1. The van der Waals surface area contributed by atoms with Crippen molar-refractivity contribution in [1.29, 1.82) is 0 Å². The highest BCUT2D eigenvalue weighted by atomic mass is 16.4. The fourth-order valence-electron chi connectivity index (χ4n) is 4.42. The Hall–Kier alpha value is -1.55. The summed E-state index contributed by atoms with van der Waals surface area (Å²) in [5.74, 6) is -0.779. The molecule has 4 nitrogen and oxygen atoms in total. The number of nitrogens with one attached hydrogen (secondary N) is 1. The quantitative estimate of drug-likeness (QED) is 0.797. The summed E-state index contributed by atoms with van der Waals surface area (Å²) in [5.41, 5.74) is 2.58. The van der Waals surface area contributed by atoms with E-state index in [0.29, 0.717) is 12.1 Å². The molecule has 2 aliphatic carbocycles. The van der Waals surface area contributed by atoms with E-state index in [0.717, 1.165) is 32.2 Å². The fourth-order valence-corrected chi connectivity index (χ4v) is 4.42. The number of rotatable bonds is 6. The lowest BCUT2D eigenvalue weighted by molar-refractivity contribution is -0.142. The van der Waals surface area contributed by atoms with Gasteiger partial charge in [-0.1, -0.05) is 37.5 Å². The lowest BCUT2D eigenvalue weighted by Gasteiger charge is -2.32. The number of hydrogen-bond acceptors (Lipinski definition) is 3. The predicted octanol–water partition coefficient (Wildman–Crippen LogP) is 4.51. The summed E-state index contributed by atoms with van der Waals surface area (Å²) in [6.45, 7) is 0.984. The molecule has 0 unspecified atom stereocenters. The van der Waals surface area contributed by atoms with Crippen LogP contribution in [0.1, 0.15) is 63.4 Å². The second-order valence-electron chi connectivity index (χ2n) is 7.90. The number of para-hydroxylation sites is 1. The maximum Gasteiger partial charge on any atom is 0.306 e. The van der Waals surface area contributed by atoms with E-state index in [-0.39, 0.29) is 5.92 Å². The van der Waals surface area contributed by atoms with E-state index in [9.17, 15) is 4.79 Å². The van der Waals surface area contributed by atoms with Crippen LogP contribution in [0.2, 0.25) is 0 Å². The summed E-state index contributed by atoms with van der Waals surface area (Å²) in [7, 11) is 2.25. The van der Waals surface area contributed by atoms with Gasteiger partial charge in [-0.2, -0.15) is 0 Å². The molecule has 0 saturated heterocycles. The molecule has 0 atom stereocenters. The second-order valence-corrected chi connectivity index (χ2v) is 7.90. The van der Waals surface area contributed by atoms with Crippen LogP contribution in [-0.2, 0) is 11.3 Å². The molecule has 4 heteroatoms. The van der Waals surface area contributed by atoms with Crippen LogP contribution in [0.25, 0.3) is 0 Å². The number of carboxylic acids is 1. The van der Waals surface area contributed by atoms with Crippen LogP contribution < -0.4 is 5.32 Å². The van der Waals surface area contributed by atoms with Gasteiger partial charge in [0.15, 0.2) is 0 Å². The number of aliphatic carboxylic acids is 1. The Balaban J connectivity index is 1.58. The molecule has 2 aliphatic rings. The lowest BCUT2D eigenvalue weighted by Crippen LogP contribution is -2.33. The summed E-state index contributed by atoms with van der Waals surface area (Å²) < 4.78 is 0. The number of carbonyl (C=O) groups is 1. The van der Waals surface area contributed by atoms with E-state index < -0.39 is 5.97 Å². The number of anilines is 1. The lowest BCUT2D eigenvalue weighted by atomic mass is 9.86. The molecule has 0 aromatic heterocycles. The van der Waals surface area contributed by atoms with Gasteiger partial charge in [-0.3, -0.25) is 9.69 Å². The molecule has 0 amide bonds. The van der Waals surface area contributed by atoms with Crippen LogP contribution in [0.15, 0.2) is 24.3 Å². The molecule has 2 N–H and O–H groups in total. The van der Waals surface area contributed by atoms with E-state index in [4.69, 9.17) is 5.11 Å². The Labute approximate surface area is 151 Å². The third-order valence-electron chi connectivity index (χ3n) is 6.07. The zero-order chi connectivity index (χ0) is 17.6. The van der Waals surface area contributed by atoms with Crippen LogP contribution in [-0.4, -0.2) is 35.1 Å². The topological polar surface area (TPSA) is 52.6 Å². The molecular weight excluding hydrogens is 312 g/mol. The first kappa shape index (κ1) is 18.2. The standard InChI is InChI=1S/C21H32N2O2/c1-23(19-8-3-2-4-9-19)15-17-7-5-6-10-20(17)22-18-13-11-16(12-14-18)21(24)25/h5-7,10,16,18-19,22H,2-4,8-9,11-15H2,1H3,(H,24,25). The van der Waals surface area contributed by atoms with Crippen LogP contribution in [0, 0.1) is 5.92 Å². The van der Waals surface area contributed by atoms with Gasteiger partial charge in [0, 0.05) is 24.3 Å². The summed E-state index contributed by atoms with van der Waals surface area (Å²) in [6, 6.07) is 9.73. The molecule has 2 fully saturated rings. The number of hydrogen-bond donors (Lipinski definition) is 2. The van der Waals surface area contributed by atoms with E-state index in [1.54, 1.807) is 0 Å². The fraction of sp³-hybridized carbons (Fsp3) is 0.667. The van der Waals surface area contributed by atoms with Crippen molar-refractivity contribution in [3.05, 3.63) is 29.8 Å². The van der Waals surface area contributed by atoms with E-state index >= 15 is 0 Å². The molecule has 25 heavy (non-hydrogen) atoms. The average Bonchev–Trinajstić information content (AvgIpc) is 2.64. The molecule has 3 rings (SSSR count). The summed E-state index contributed by atoms with van der Waals surface area (Å²) in [4.78, 5) is 13.6. The first-order valence-corrected chi connectivity index (χ1v) is 9.91. The van der Waals surface area contributed by atoms with Gasteiger partial charge in [0.05, 0.1) is 5.92 Å². The van der Waals surface area contributed by atoms with Crippen LogP contribution >= 0.6 is 0 Å². The van der Waals surface area contributed by atoms with E-state index in [2.05, 4.69) is 41.5 Å². The molecule has 0 bridgehead atoms. The first-order valence-electron chi connectivity index (χ1n) is 9.91. The molecule has 1 aromatic rings. The monoisotopic (exact) mass is 344 g/mol. The zero-order valence-electron chi connectivity index (χ0n) is 15.4. The molecule has 0 radical (unpaired) electrons. The van der Waals surface area contributed by atoms with Gasteiger partial charge < -0.3 is 10.4 Å². The van der Waals surface area contributed by atoms with Crippen LogP contribution in [0.4, 0.5) is 5.69 Å². The van der Waals surface area contributed by atoms with Gasteiger partial charge in [-0.25, -0.2) is 0 Å². The Kier molecular flexibility index (Phi) is 6.35. The van der Waals surface area contributed by atoms with Gasteiger partial charge in [-0.05, 0) is 57.2 Å². The van der Waals surface area contributed by atoms with Crippen LogP contribution in [0.3, 0.4) is 0 Å². The molecule has 138 valence electrons. The van der Waals surface area contributed by atoms with Crippen molar-refractivity contribution < 1.29 is 9.90 Å². The third kappa shape index (κ3) is 4.97. The van der Waals surface area contributed by atoms with Gasteiger partial charge >= 0.3 is 5.97 Å². The highest BCUT2D eigenvalue weighted by Gasteiger charge is 2.26. The number of nitrogens with zero attached hydrogens (tertiary/aromatic N) is 1. The minimum atomic E-state index is -0.632. The Morgan fingerprint density at radius 2 is 1.76 bits per heavy atom. The van der Waals surface area contributed by atoms with Gasteiger partial charge in [-0.15, -0.1) is 0 Å². The Morgan fingerprint density at radius 3 is 2.44 bits per heavy atom. The highest BCUT2D eigenvalue weighted by Crippen LogP contribution is 2.29. The summed E-state index contributed by atoms with van der Waals surface area (Å²) in [6.07, 6.45) is 10.2. The van der Waals surface area contributed by atoms with Gasteiger partial charge in [0.2, 0.25) is 0 Å². The summed E-state index contributed by atoms with van der Waals surface area (Å²) in [5, 5.41) is 12.9. The van der Waals surface area contributed by atoms with E-state index in [1.807, 2.05) is 0 Å². The second kappa shape index (κ2) is 8.70. The molecule has 0 spiro atoms. The average molecular weight is 344 g/mol. The SMILES string of the molecule is CN(Cc1ccccc1NC1CCC(C(=O)O)CC1)C1CCCCC1. The molecule has 0 aliphatic heterocycles. The van der Waals surface area contributed by atoms with Crippen molar-refractivity contribution >= 4 is 11.7 Å². The molecule has 2 saturated carbocycles. The smallest absolute Gasteiger partial charge is 0.306 e. The van der Waals surface area contributed by atoms with Crippen molar-refractivity contribution in [2.75, 3.05) is 12.4 Å². The first-order chi connectivity index (χ1) is 12.1. The summed E-state index contributed by atoms with van der Waals surface area (Å²) >= 11 is 0. The normalized spacial score (nSPS) is 25.0. The van der Waals surface area contributed by atoms with Gasteiger partial charge in [0.25, 0.3) is 0 Å². The van der Waals surface area contributed by atoms with Crippen molar-refractivity contribution in [1.82, 2.24) is 4.90 Å². The van der Waals surface area contributed by atoms with Crippen molar-refractivity contribution in [3.63, 3.8) is 0 Å². The zero-order valence-corrected chi connectivity index (χ0v) is 15.4. The van der Waals surface area contributed by atoms with Crippen molar-refractivity contribution in [2.45, 2.75) is 76.4 Å². The predicted molar refractivity (Wildman–Crippen MR) is 102 cm³/mol. The highest BCUT2D eigenvalue weighted by molar-refractivity contribution is 5.70. The van der Waals surface area contributed by atoms with Gasteiger partial charge in [0.1, 0.15) is 0 Å². The molecular formula is C21H32N2O2. The maximum absolute atomic E-state index is 11.1. The minimum Gasteiger partial charge on any atom is -0.481 e.